The topological polar surface area (TPSA) is 53.1 Å². The third-order valence-electron chi connectivity index (χ3n) is 2.25. The van der Waals surface area contributed by atoms with Crippen LogP contribution >= 0.6 is 24.8 Å². The highest BCUT2D eigenvalue weighted by molar-refractivity contribution is 5.85. The van der Waals surface area contributed by atoms with Crippen molar-refractivity contribution in [3.8, 4) is 0 Å². The van der Waals surface area contributed by atoms with Gasteiger partial charge in [0.15, 0.2) is 0 Å². The Hall–Kier alpha value is -0.290. The van der Waals surface area contributed by atoms with Crippen LogP contribution in [-0.2, 0) is 11.8 Å². The third-order valence-corrected chi connectivity index (χ3v) is 2.25. The summed E-state index contributed by atoms with van der Waals surface area (Å²) in [5, 5.41) is 0. The van der Waals surface area contributed by atoms with E-state index in [9.17, 15) is 0 Å². The highest BCUT2D eigenvalue weighted by Gasteiger charge is 2.29. The lowest BCUT2D eigenvalue weighted by molar-refractivity contribution is 0.0957. The molecule has 2 unspecified atom stereocenters. The van der Waals surface area contributed by atoms with E-state index in [4.69, 9.17) is 10.5 Å². The highest BCUT2D eigenvalue weighted by Crippen LogP contribution is 2.25. The number of aromatic nitrogens is 2. The summed E-state index contributed by atoms with van der Waals surface area (Å²) in [6, 6.07) is 0.103. The van der Waals surface area contributed by atoms with Crippen LogP contribution in [0.2, 0.25) is 0 Å². The van der Waals surface area contributed by atoms with Crippen molar-refractivity contribution in [2.45, 2.75) is 18.6 Å². The molecule has 1 fully saturated rings. The molecule has 0 spiro atoms. The van der Waals surface area contributed by atoms with Crippen LogP contribution in [0, 0.1) is 0 Å². The molecule has 4 nitrogen and oxygen atoms in total. The van der Waals surface area contributed by atoms with Crippen molar-refractivity contribution in [3.05, 3.63) is 18.2 Å². The second-order valence-corrected chi connectivity index (χ2v) is 3.14. The molecule has 6 heteroatoms. The third kappa shape index (κ3) is 2.39. The second-order valence-electron chi connectivity index (χ2n) is 3.14. The Bertz CT molecular complexity index is 279. The number of nitrogens with two attached hydrogens (primary N) is 1. The normalized spacial score (nSPS) is 25.3. The van der Waals surface area contributed by atoms with Crippen LogP contribution in [0.1, 0.15) is 18.3 Å². The Kier molecular flexibility index (Phi) is 5.44. The van der Waals surface area contributed by atoms with Gasteiger partial charge in [0.2, 0.25) is 0 Å². The van der Waals surface area contributed by atoms with Gasteiger partial charge in [-0.05, 0) is 6.42 Å². The second kappa shape index (κ2) is 5.56. The van der Waals surface area contributed by atoms with E-state index in [1.165, 1.54) is 0 Å². The zero-order chi connectivity index (χ0) is 8.55. The quantitative estimate of drug-likeness (QED) is 0.798. The first-order valence-electron chi connectivity index (χ1n) is 4.13. The van der Waals surface area contributed by atoms with Gasteiger partial charge in [0, 0.05) is 32.1 Å². The number of imidazole rings is 1. The first kappa shape index (κ1) is 13.7. The Balaban J connectivity index is 0.000000845. The minimum Gasteiger partial charge on any atom is -0.369 e. The molecular weight excluding hydrogens is 225 g/mol. The summed E-state index contributed by atoms with van der Waals surface area (Å²) in [5.74, 6) is 0.931. The van der Waals surface area contributed by atoms with Crippen molar-refractivity contribution in [1.29, 1.82) is 0 Å². The Morgan fingerprint density at radius 2 is 2.29 bits per heavy atom. The van der Waals surface area contributed by atoms with Gasteiger partial charge in [0.25, 0.3) is 0 Å². The maximum absolute atomic E-state index is 5.86. The van der Waals surface area contributed by atoms with Gasteiger partial charge < -0.3 is 15.0 Å². The molecule has 0 aliphatic carbocycles. The predicted molar refractivity (Wildman–Crippen MR) is 59.0 cm³/mol. The molecule has 0 aromatic carbocycles. The first-order chi connectivity index (χ1) is 5.79. The summed E-state index contributed by atoms with van der Waals surface area (Å²) in [6.07, 6.45) is 4.59. The zero-order valence-electron chi connectivity index (χ0n) is 7.92. The van der Waals surface area contributed by atoms with Gasteiger partial charge in [-0.2, -0.15) is 0 Å². The van der Waals surface area contributed by atoms with E-state index >= 15 is 0 Å². The molecule has 1 aromatic rings. The summed E-state index contributed by atoms with van der Waals surface area (Å²) in [7, 11) is 1.96. The fraction of sp³-hybridized carbons (Fsp3) is 0.625. The predicted octanol–water partition coefficient (Wildman–Crippen LogP) is 1.05. The average molecular weight is 240 g/mol. The van der Waals surface area contributed by atoms with Crippen LogP contribution < -0.4 is 5.73 Å². The smallest absolute Gasteiger partial charge is 0.139 e. The number of halogens is 2. The van der Waals surface area contributed by atoms with Crippen LogP contribution in [0.3, 0.4) is 0 Å². The molecule has 2 atom stereocenters. The molecule has 2 rings (SSSR count). The maximum Gasteiger partial charge on any atom is 0.139 e. The molecule has 14 heavy (non-hydrogen) atoms. The van der Waals surface area contributed by atoms with Gasteiger partial charge in [0.05, 0.1) is 0 Å². The summed E-state index contributed by atoms with van der Waals surface area (Å²) < 4.78 is 7.44. The standard InChI is InChI=1S/C8H13N3O.2ClH/c1-11-4-3-10-8(11)7-6(9)2-5-12-7;;/h3-4,6-7H,2,5,9H2,1H3;2*1H. The summed E-state index contributed by atoms with van der Waals surface area (Å²) >= 11 is 0. The van der Waals surface area contributed by atoms with E-state index in [2.05, 4.69) is 4.98 Å². The van der Waals surface area contributed by atoms with E-state index in [0.717, 1.165) is 18.9 Å². The molecule has 0 bridgehead atoms. The molecule has 1 aliphatic heterocycles. The minimum atomic E-state index is -0.00926. The van der Waals surface area contributed by atoms with Gasteiger partial charge in [-0.3, -0.25) is 0 Å². The highest BCUT2D eigenvalue weighted by atomic mass is 35.5. The van der Waals surface area contributed by atoms with Crippen LogP contribution in [0.5, 0.6) is 0 Å². The monoisotopic (exact) mass is 239 g/mol. The van der Waals surface area contributed by atoms with Gasteiger partial charge in [-0.25, -0.2) is 4.98 Å². The van der Waals surface area contributed by atoms with Crippen molar-refractivity contribution >= 4 is 24.8 Å². The molecule has 0 radical (unpaired) electrons. The van der Waals surface area contributed by atoms with Crippen LogP contribution in [0.25, 0.3) is 0 Å². The van der Waals surface area contributed by atoms with Crippen molar-refractivity contribution in [2.24, 2.45) is 12.8 Å². The Labute approximate surface area is 95.6 Å². The maximum atomic E-state index is 5.86. The Morgan fingerprint density at radius 1 is 1.57 bits per heavy atom. The minimum absolute atomic E-state index is 0. The van der Waals surface area contributed by atoms with Crippen molar-refractivity contribution in [2.75, 3.05) is 6.61 Å². The number of aryl methyl sites for hydroxylation is 1. The van der Waals surface area contributed by atoms with Crippen molar-refractivity contribution in [3.63, 3.8) is 0 Å². The first-order valence-corrected chi connectivity index (χ1v) is 4.13. The van der Waals surface area contributed by atoms with Crippen LogP contribution in [0.4, 0.5) is 0 Å². The molecule has 1 saturated heterocycles. The summed E-state index contributed by atoms with van der Waals surface area (Å²) in [6.45, 7) is 0.749. The van der Waals surface area contributed by atoms with Gasteiger partial charge >= 0.3 is 0 Å². The fourth-order valence-electron chi connectivity index (χ4n) is 1.52. The lowest BCUT2D eigenvalue weighted by Gasteiger charge is -2.13. The van der Waals surface area contributed by atoms with E-state index in [0.29, 0.717) is 0 Å². The number of hydrogen-bond acceptors (Lipinski definition) is 3. The largest absolute Gasteiger partial charge is 0.369 e. The zero-order valence-corrected chi connectivity index (χ0v) is 9.55. The van der Waals surface area contributed by atoms with E-state index < -0.39 is 0 Å². The van der Waals surface area contributed by atoms with E-state index in [-0.39, 0.29) is 37.0 Å². The number of hydrogen-bond donors (Lipinski definition) is 1. The molecule has 0 saturated carbocycles. The van der Waals surface area contributed by atoms with Crippen molar-refractivity contribution in [1.82, 2.24) is 9.55 Å². The van der Waals surface area contributed by atoms with E-state index in [1.807, 2.05) is 17.8 Å². The molecule has 82 valence electrons. The van der Waals surface area contributed by atoms with Gasteiger partial charge in [0.1, 0.15) is 11.9 Å². The number of rotatable bonds is 1. The number of nitrogens with zero attached hydrogens (tertiary/aromatic N) is 2. The average Bonchev–Trinajstić information content (AvgIpc) is 2.59. The fourth-order valence-corrected chi connectivity index (χ4v) is 1.52. The van der Waals surface area contributed by atoms with Crippen molar-refractivity contribution < 1.29 is 4.74 Å². The molecule has 2 N–H and O–H groups in total. The number of ether oxygens (including phenoxy) is 1. The lowest BCUT2D eigenvalue weighted by Crippen LogP contribution is -2.25. The molecule has 1 aromatic heterocycles. The van der Waals surface area contributed by atoms with E-state index in [1.54, 1.807) is 6.20 Å². The van der Waals surface area contributed by atoms with Crippen LogP contribution in [-0.4, -0.2) is 22.2 Å². The van der Waals surface area contributed by atoms with Gasteiger partial charge in [-0.15, -0.1) is 24.8 Å². The molecular formula is C8H15Cl2N3O. The van der Waals surface area contributed by atoms with Gasteiger partial charge in [-0.1, -0.05) is 0 Å². The Morgan fingerprint density at radius 3 is 2.71 bits per heavy atom. The van der Waals surface area contributed by atoms with Crippen LogP contribution in [0.15, 0.2) is 12.4 Å². The molecule has 1 aliphatic rings. The molecule has 2 heterocycles. The lowest BCUT2D eigenvalue weighted by atomic mass is 10.1. The molecule has 0 amide bonds. The summed E-state index contributed by atoms with van der Waals surface area (Å²) in [5.41, 5.74) is 5.86. The summed E-state index contributed by atoms with van der Waals surface area (Å²) in [4.78, 5) is 4.21. The SMILES string of the molecule is Cl.Cl.Cn1ccnc1C1OCCC1N.